The Balaban J connectivity index is 2.12. The average Bonchev–Trinajstić information content (AvgIpc) is 2.88. The largest absolute Gasteiger partial charge is 0.456 e. The van der Waals surface area contributed by atoms with Gasteiger partial charge in [0.2, 0.25) is 5.36 Å². The predicted molar refractivity (Wildman–Crippen MR) is 146 cm³/mol. The molecule has 0 N–H and O–H groups in total. The van der Waals surface area contributed by atoms with E-state index >= 15 is 0 Å². The molecule has 0 atom stereocenters. The van der Waals surface area contributed by atoms with Crippen LogP contribution >= 0.6 is 0 Å². The number of carbonyl (C=O) groups is 1. The summed E-state index contributed by atoms with van der Waals surface area (Å²) in [5.41, 5.74) is 5.59. The number of nitrogens with zero attached hydrogens (tertiary/aromatic N) is 3. The zero-order valence-electron chi connectivity index (χ0n) is 21.8. The molecule has 0 spiro atoms. The molecule has 1 aliphatic heterocycles. The van der Waals surface area contributed by atoms with Crippen LogP contribution in [0.25, 0.3) is 33.4 Å². The molecule has 0 unspecified atom stereocenters. The van der Waals surface area contributed by atoms with E-state index in [2.05, 4.69) is 73.6 Å². The average molecular weight is 471 g/mol. The number of benzene rings is 3. The molecule has 5 heteroatoms. The second kappa shape index (κ2) is 10.3. The van der Waals surface area contributed by atoms with Crippen molar-refractivity contribution < 1.29 is 9.21 Å². The molecule has 2 aromatic rings. The first-order valence-electron chi connectivity index (χ1n) is 12.6. The van der Waals surface area contributed by atoms with Gasteiger partial charge < -0.3 is 14.2 Å². The van der Waals surface area contributed by atoms with Gasteiger partial charge in [-0.05, 0) is 57.5 Å². The van der Waals surface area contributed by atoms with E-state index in [1.54, 1.807) is 19.0 Å². The molecule has 0 radical (unpaired) electrons. The standard InChI is InChI=1S/C30H36N3O2/c1-7-32(8-2)21-15-17-25-27(19-21)35-28-20-22(33(9-3)10-4)16-18-26(28)29(25)23-13-11-12-14-24(23)30(34)31(5)6/h11-20H,7-10H2,1-6H3/q+1. The van der Waals surface area contributed by atoms with Crippen molar-refractivity contribution >= 4 is 22.6 Å². The lowest BCUT2D eigenvalue weighted by Gasteiger charge is -2.23. The lowest BCUT2D eigenvalue weighted by Crippen LogP contribution is -2.29. The maximum atomic E-state index is 13.1. The van der Waals surface area contributed by atoms with Gasteiger partial charge >= 0.3 is 0 Å². The highest BCUT2D eigenvalue weighted by molar-refractivity contribution is 6.09. The summed E-state index contributed by atoms with van der Waals surface area (Å²) in [6.45, 7) is 12.4. The first kappa shape index (κ1) is 24.5. The third-order valence-corrected chi connectivity index (χ3v) is 6.78. The molecule has 35 heavy (non-hydrogen) atoms. The number of anilines is 1. The molecule has 2 aromatic carbocycles. The minimum Gasteiger partial charge on any atom is -0.456 e. The fourth-order valence-corrected chi connectivity index (χ4v) is 4.86. The van der Waals surface area contributed by atoms with Crippen LogP contribution in [0, 0.1) is 0 Å². The zero-order chi connectivity index (χ0) is 25.1. The van der Waals surface area contributed by atoms with Gasteiger partial charge in [0.1, 0.15) is 24.4 Å². The fourth-order valence-electron chi connectivity index (χ4n) is 4.86. The second-order valence-corrected chi connectivity index (χ2v) is 8.93. The SMILES string of the molecule is CCN(CC)c1ccc2c(-c3ccccc3C(=O)N(C)C)c3ccc(=[N+](CC)CC)cc-3oc2c1. The third kappa shape index (κ3) is 4.55. The van der Waals surface area contributed by atoms with Crippen molar-refractivity contribution in [2.75, 3.05) is 45.2 Å². The van der Waals surface area contributed by atoms with Crippen molar-refractivity contribution in [3.8, 4) is 22.5 Å². The Morgan fingerprint density at radius 2 is 1.57 bits per heavy atom. The van der Waals surface area contributed by atoms with E-state index in [0.29, 0.717) is 5.56 Å². The van der Waals surface area contributed by atoms with Crippen LogP contribution in [0.3, 0.4) is 0 Å². The third-order valence-electron chi connectivity index (χ3n) is 6.78. The quantitative estimate of drug-likeness (QED) is 0.262. The molecule has 5 nitrogen and oxygen atoms in total. The van der Waals surface area contributed by atoms with Crippen LogP contribution in [0.2, 0.25) is 0 Å². The van der Waals surface area contributed by atoms with Crippen LogP contribution in [0.5, 0.6) is 0 Å². The Hall–Kier alpha value is -3.60. The highest BCUT2D eigenvalue weighted by Gasteiger charge is 2.23. The molecule has 4 rings (SSSR count). The molecule has 0 aromatic heterocycles. The molecular formula is C30H36N3O2+. The van der Waals surface area contributed by atoms with E-state index < -0.39 is 0 Å². The molecular weight excluding hydrogens is 434 g/mol. The number of fused-ring (bicyclic) bond motifs is 2. The van der Waals surface area contributed by atoms with E-state index in [-0.39, 0.29) is 5.91 Å². The van der Waals surface area contributed by atoms with E-state index in [0.717, 1.165) is 70.6 Å². The van der Waals surface area contributed by atoms with Gasteiger partial charge in [-0.2, -0.15) is 0 Å². The van der Waals surface area contributed by atoms with Crippen LogP contribution in [-0.2, 0) is 0 Å². The second-order valence-electron chi connectivity index (χ2n) is 8.93. The Labute approximate surface area is 208 Å². The summed E-state index contributed by atoms with van der Waals surface area (Å²) >= 11 is 0. The smallest absolute Gasteiger partial charge is 0.253 e. The Morgan fingerprint density at radius 3 is 2.23 bits per heavy atom. The van der Waals surface area contributed by atoms with Gasteiger partial charge in [-0.25, -0.2) is 4.58 Å². The summed E-state index contributed by atoms with van der Waals surface area (Å²) in [4.78, 5) is 17.1. The topological polar surface area (TPSA) is 39.7 Å². The van der Waals surface area contributed by atoms with Crippen molar-refractivity contribution in [2.45, 2.75) is 27.7 Å². The van der Waals surface area contributed by atoms with Crippen LogP contribution in [0.1, 0.15) is 38.1 Å². The summed E-state index contributed by atoms with van der Waals surface area (Å²) in [5.74, 6) is 0.808. The first-order chi connectivity index (χ1) is 16.9. The molecule has 1 amide bonds. The number of hydrogen-bond donors (Lipinski definition) is 0. The molecule has 182 valence electrons. The minimum atomic E-state index is -0.0118. The van der Waals surface area contributed by atoms with E-state index in [1.807, 2.05) is 24.3 Å². The molecule has 1 heterocycles. The first-order valence-corrected chi connectivity index (χ1v) is 12.6. The van der Waals surface area contributed by atoms with Gasteiger partial charge in [-0.15, -0.1) is 0 Å². The molecule has 0 saturated heterocycles. The van der Waals surface area contributed by atoms with Crippen molar-refractivity contribution in [3.63, 3.8) is 0 Å². The van der Waals surface area contributed by atoms with Crippen LogP contribution in [0.4, 0.5) is 5.69 Å². The summed E-state index contributed by atoms with van der Waals surface area (Å²) in [7, 11) is 3.59. The number of amides is 1. The van der Waals surface area contributed by atoms with Crippen molar-refractivity contribution in [2.24, 2.45) is 0 Å². The van der Waals surface area contributed by atoms with Gasteiger partial charge in [0.25, 0.3) is 5.91 Å². The van der Waals surface area contributed by atoms with Gasteiger partial charge in [-0.1, -0.05) is 18.2 Å². The van der Waals surface area contributed by atoms with Crippen molar-refractivity contribution in [1.29, 1.82) is 0 Å². The van der Waals surface area contributed by atoms with E-state index in [4.69, 9.17) is 4.42 Å². The lowest BCUT2D eigenvalue weighted by molar-refractivity contribution is 0.0828. The van der Waals surface area contributed by atoms with Crippen molar-refractivity contribution in [3.05, 3.63) is 71.6 Å². The number of hydrogen-bond acceptors (Lipinski definition) is 3. The van der Waals surface area contributed by atoms with Gasteiger partial charge in [0, 0.05) is 67.1 Å². The van der Waals surface area contributed by atoms with Crippen LogP contribution < -0.4 is 14.8 Å². The predicted octanol–water partition coefficient (Wildman–Crippen LogP) is 5.56. The molecule has 0 saturated carbocycles. The number of rotatable bonds is 7. The maximum absolute atomic E-state index is 13.1. The maximum Gasteiger partial charge on any atom is 0.253 e. The van der Waals surface area contributed by atoms with Crippen LogP contribution in [-0.4, -0.2) is 51.1 Å². The zero-order valence-corrected chi connectivity index (χ0v) is 21.8. The minimum absolute atomic E-state index is 0.0118. The summed E-state index contributed by atoms with van der Waals surface area (Å²) in [5, 5.41) is 2.14. The summed E-state index contributed by atoms with van der Waals surface area (Å²) in [6, 6.07) is 20.7. The Bertz CT molecular complexity index is 1390. The van der Waals surface area contributed by atoms with Gasteiger partial charge in [0.15, 0.2) is 0 Å². The van der Waals surface area contributed by atoms with Gasteiger partial charge in [0.05, 0.1) is 6.07 Å². The molecule has 0 fully saturated rings. The van der Waals surface area contributed by atoms with E-state index in [1.165, 1.54) is 0 Å². The fraction of sp³-hybridized carbons (Fsp3) is 0.333. The highest BCUT2D eigenvalue weighted by Crippen LogP contribution is 2.42. The van der Waals surface area contributed by atoms with Gasteiger partial charge in [-0.3, -0.25) is 4.79 Å². The summed E-state index contributed by atoms with van der Waals surface area (Å²) in [6.07, 6.45) is 0. The molecule has 0 bridgehead atoms. The normalized spacial score (nSPS) is 11.1. The monoisotopic (exact) mass is 470 g/mol. The highest BCUT2D eigenvalue weighted by atomic mass is 16.3. The summed E-state index contributed by atoms with van der Waals surface area (Å²) < 4.78 is 8.88. The molecule has 1 aliphatic carbocycles. The lowest BCUT2D eigenvalue weighted by atomic mass is 9.90. The van der Waals surface area contributed by atoms with Crippen molar-refractivity contribution in [1.82, 2.24) is 9.48 Å². The van der Waals surface area contributed by atoms with E-state index in [9.17, 15) is 4.79 Å². The molecule has 2 aliphatic rings. The Morgan fingerprint density at radius 1 is 0.857 bits per heavy atom. The van der Waals surface area contributed by atoms with Crippen LogP contribution in [0.15, 0.2) is 65.1 Å². The Kier molecular flexibility index (Phi) is 7.25. The number of carbonyl (C=O) groups excluding carboxylic acids is 1.